The summed E-state index contributed by atoms with van der Waals surface area (Å²) in [6.45, 7) is 1.66. The SMILES string of the molecule is Cn1nc(-c2cc(C(F)(F)F)c(F)c(O)c2F)c2cnc(N3CCOCC34CCC4)nc21. The molecule has 1 aromatic carbocycles. The molecule has 1 spiro atoms. The Bertz CT molecular complexity index is 1220. The predicted octanol–water partition coefficient (Wildman–Crippen LogP) is 3.79. The Labute approximate surface area is 178 Å². The van der Waals surface area contributed by atoms with Crippen LogP contribution in [0, 0.1) is 11.6 Å². The fourth-order valence-electron chi connectivity index (χ4n) is 4.40. The van der Waals surface area contributed by atoms with E-state index in [2.05, 4.69) is 20.0 Å². The van der Waals surface area contributed by atoms with E-state index < -0.39 is 34.7 Å². The van der Waals surface area contributed by atoms with Gasteiger partial charge in [-0.1, -0.05) is 0 Å². The molecule has 3 heterocycles. The second kappa shape index (κ2) is 6.99. The molecule has 1 N–H and O–H groups in total. The van der Waals surface area contributed by atoms with Gasteiger partial charge in [0.1, 0.15) is 5.69 Å². The summed E-state index contributed by atoms with van der Waals surface area (Å²) in [5.41, 5.74) is -2.62. The molecule has 32 heavy (non-hydrogen) atoms. The topological polar surface area (TPSA) is 76.3 Å². The number of nitrogens with zero attached hydrogens (tertiary/aromatic N) is 5. The van der Waals surface area contributed by atoms with E-state index in [1.807, 2.05) is 0 Å². The van der Waals surface area contributed by atoms with Gasteiger partial charge in [0.15, 0.2) is 23.0 Å². The molecule has 0 unspecified atom stereocenters. The van der Waals surface area contributed by atoms with Gasteiger partial charge in [-0.2, -0.15) is 23.3 Å². The summed E-state index contributed by atoms with van der Waals surface area (Å²) in [6, 6.07) is 0.297. The number of fused-ring (bicyclic) bond motifs is 1. The molecule has 0 atom stereocenters. The molecule has 1 aliphatic carbocycles. The molecule has 1 saturated heterocycles. The summed E-state index contributed by atoms with van der Waals surface area (Å²) < 4.78 is 75.0. The summed E-state index contributed by atoms with van der Waals surface area (Å²) in [6.07, 6.45) is -0.843. The van der Waals surface area contributed by atoms with Gasteiger partial charge in [0.05, 0.1) is 29.7 Å². The molecule has 0 bridgehead atoms. The Morgan fingerprint density at radius 3 is 2.59 bits per heavy atom. The van der Waals surface area contributed by atoms with Gasteiger partial charge in [0.2, 0.25) is 5.95 Å². The zero-order chi connectivity index (χ0) is 22.8. The first-order chi connectivity index (χ1) is 15.1. The van der Waals surface area contributed by atoms with Crippen molar-refractivity contribution >= 4 is 17.0 Å². The minimum Gasteiger partial charge on any atom is -0.503 e. The monoisotopic (exact) mass is 455 g/mol. The highest BCUT2D eigenvalue weighted by atomic mass is 19.4. The summed E-state index contributed by atoms with van der Waals surface area (Å²) in [4.78, 5) is 11.0. The lowest BCUT2D eigenvalue weighted by atomic mass is 9.75. The van der Waals surface area contributed by atoms with Crippen molar-refractivity contribution in [2.75, 3.05) is 24.7 Å². The van der Waals surface area contributed by atoms with Crippen LogP contribution in [0.25, 0.3) is 22.3 Å². The third-order valence-corrected chi connectivity index (χ3v) is 6.23. The van der Waals surface area contributed by atoms with Crippen molar-refractivity contribution in [2.45, 2.75) is 31.0 Å². The van der Waals surface area contributed by atoms with Crippen molar-refractivity contribution < 1.29 is 31.8 Å². The molecule has 170 valence electrons. The van der Waals surface area contributed by atoms with Crippen LogP contribution in [0.2, 0.25) is 0 Å². The van der Waals surface area contributed by atoms with Gasteiger partial charge in [-0.15, -0.1) is 0 Å². The molecule has 1 saturated carbocycles. The van der Waals surface area contributed by atoms with E-state index in [0.717, 1.165) is 19.3 Å². The predicted molar refractivity (Wildman–Crippen MR) is 103 cm³/mol. The van der Waals surface area contributed by atoms with Gasteiger partial charge in [-0.3, -0.25) is 0 Å². The number of morpholine rings is 1. The molecule has 12 heteroatoms. The first-order valence-electron chi connectivity index (χ1n) is 9.96. The molecule has 2 aliphatic rings. The van der Waals surface area contributed by atoms with E-state index in [1.54, 1.807) is 0 Å². The average molecular weight is 455 g/mol. The van der Waals surface area contributed by atoms with Gasteiger partial charge >= 0.3 is 6.18 Å². The van der Waals surface area contributed by atoms with Crippen LogP contribution in [0.3, 0.4) is 0 Å². The van der Waals surface area contributed by atoms with Crippen LogP contribution >= 0.6 is 0 Å². The normalized spacial score (nSPS) is 18.4. The van der Waals surface area contributed by atoms with Gasteiger partial charge in [0.25, 0.3) is 0 Å². The quantitative estimate of drug-likeness (QED) is 0.593. The molecule has 1 aliphatic heterocycles. The Balaban J connectivity index is 1.64. The number of ether oxygens (including phenoxy) is 1. The van der Waals surface area contributed by atoms with Crippen LogP contribution in [-0.4, -0.2) is 50.2 Å². The lowest BCUT2D eigenvalue weighted by Crippen LogP contribution is -2.61. The fourth-order valence-corrected chi connectivity index (χ4v) is 4.40. The molecule has 2 aromatic heterocycles. The molecule has 5 rings (SSSR count). The van der Waals surface area contributed by atoms with E-state index in [0.29, 0.717) is 31.8 Å². The number of alkyl halides is 3. The van der Waals surface area contributed by atoms with Crippen molar-refractivity contribution in [1.29, 1.82) is 0 Å². The van der Waals surface area contributed by atoms with Crippen LogP contribution in [0.5, 0.6) is 5.75 Å². The highest BCUT2D eigenvalue weighted by Gasteiger charge is 2.46. The van der Waals surface area contributed by atoms with Gasteiger partial charge in [-0.05, 0) is 25.3 Å². The molecular weight excluding hydrogens is 437 g/mol. The van der Waals surface area contributed by atoms with Gasteiger partial charge in [-0.25, -0.2) is 18.4 Å². The third-order valence-electron chi connectivity index (χ3n) is 6.23. The third kappa shape index (κ3) is 2.99. The first kappa shape index (κ1) is 20.9. The zero-order valence-corrected chi connectivity index (χ0v) is 16.9. The average Bonchev–Trinajstić information content (AvgIpc) is 3.06. The maximum absolute atomic E-state index is 14.6. The van der Waals surface area contributed by atoms with Crippen molar-refractivity contribution in [1.82, 2.24) is 19.7 Å². The van der Waals surface area contributed by atoms with Crippen LogP contribution in [0.4, 0.5) is 27.9 Å². The Hall–Kier alpha value is -3.02. The number of aryl methyl sites for hydroxylation is 1. The van der Waals surface area contributed by atoms with Gasteiger partial charge in [0, 0.05) is 25.4 Å². The number of hydrogen-bond acceptors (Lipinski definition) is 6. The molecule has 3 aromatic rings. The number of phenols is 1. The molecular formula is C20H18F5N5O2. The molecule has 0 radical (unpaired) electrons. The number of rotatable bonds is 2. The molecule has 0 amide bonds. The lowest BCUT2D eigenvalue weighted by Gasteiger charge is -2.52. The number of phenolic OH excluding ortho intramolecular Hbond substituents is 1. The van der Waals surface area contributed by atoms with E-state index in [9.17, 15) is 27.1 Å². The van der Waals surface area contributed by atoms with E-state index in [4.69, 9.17) is 4.74 Å². The number of halogens is 5. The summed E-state index contributed by atoms with van der Waals surface area (Å²) in [5.74, 6) is -4.91. The second-order valence-corrected chi connectivity index (χ2v) is 8.11. The summed E-state index contributed by atoms with van der Waals surface area (Å²) in [7, 11) is 1.51. The molecule has 2 fully saturated rings. The maximum Gasteiger partial charge on any atom is 0.419 e. The van der Waals surface area contributed by atoms with Crippen LogP contribution in [0.15, 0.2) is 12.3 Å². The summed E-state index contributed by atoms with van der Waals surface area (Å²) >= 11 is 0. The lowest BCUT2D eigenvalue weighted by molar-refractivity contribution is -0.140. The molecule has 7 nitrogen and oxygen atoms in total. The zero-order valence-electron chi connectivity index (χ0n) is 16.9. The van der Waals surface area contributed by atoms with Crippen LogP contribution < -0.4 is 4.90 Å². The minimum atomic E-state index is -5.13. The van der Waals surface area contributed by atoms with Crippen molar-refractivity contribution in [3.63, 3.8) is 0 Å². The largest absolute Gasteiger partial charge is 0.503 e. The van der Waals surface area contributed by atoms with Crippen molar-refractivity contribution in [3.8, 4) is 17.0 Å². The van der Waals surface area contributed by atoms with E-state index in [1.165, 1.54) is 17.9 Å². The van der Waals surface area contributed by atoms with E-state index >= 15 is 0 Å². The number of hydrogen-bond donors (Lipinski definition) is 1. The first-order valence-corrected chi connectivity index (χ1v) is 9.96. The van der Waals surface area contributed by atoms with Crippen molar-refractivity contribution in [3.05, 3.63) is 29.5 Å². The Morgan fingerprint density at radius 1 is 1.19 bits per heavy atom. The maximum atomic E-state index is 14.6. The smallest absolute Gasteiger partial charge is 0.419 e. The number of anilines is 1. The standard InChI is InChI=1S/C20H18F5N5O2/c1-29-17-11(8-26-18(27-17)30-5-6-32-9-19(30)3-2-4-19)15(28-29)10-7-12(20(23,24)25)14(22)16(31)13(10)21/h7-8,31H,2-6,9H2,1H3. The number of aromatic hydroxyl groups is 1. The summed E-state index contributed by atoms with van der Waals surface area (Å²) in [5, 5.41) is 13.9. The Morgan fingerprint density at radius 2 is 1.94 bits per heavy atom. The highest BCUT2D eigenvalue weighted by Crippen LogP contribution is 2.43. The van der Waals surface area contributed by atoms with Crippen LogP contribution in [-0.2, 0) is 18.0 Å². The van der Waals surface area contributed by atoms with E-state index in [-0.39, 0.29) is 22.3 Å². The van der Waals surface area contributed by atoms with Gasteiger partial charge < -0.3 is 14.7 Å². The highest BCUT2D eigenvalue weighted by molar-refractivity contribution is 5.91. The second-order valence-electron chi connectivity index (χ2n) is 8.11. The van der Waals surface area contributed by atoms with Crippen LogP contribution in [0.1, 0.15) is 24.8 Å². The minimum absolute atomic E-state index is 0.171. The number of aromatic nitrogens is 4. The van der Waals surface area contributed by atoms with Crippen molar-refractivity contribution in [2.24, 2.45) is 7.05 Å². The number of benzene rings is 1. The fraction of sp³-hybridized carbons (Fsp3) is 0.450. The Kier molecular flexibility index (Phi) is 4.56.